The molecule has 6 heteroatoms. The van der Waals surface area contributed by atoms with Crippen LogP contribution in [0.3, 0.4) is 0 Å². The van der Waals surface area contributed by atoms with Crippen LogP contribution in [-0.4, -0.2) is 33.0 Å². The summed E-state index contributed by atoms with van der Waals surface area (Å²) in [6, 6.07) is 8.18. The van der Waals surface area contributed by atoms with E-state index >= 15 is 0 Å². The van der Waals surface area contributed by atoms with E-state index in [9.17, 15) is 0 Å². The van der Waals surface area contributed by atoms with E-state index in [-0.39, 0.29) is 0 Å². The molecule has 0 bridgehead atoms. The van der Waals surface area contributed by atoms with Gasteiger partial charge in [0.25, 0.3) is 0 Å². The summed E-state index contributed by atoms with van der Waals surface area (Å²) < 4.78 is 0. The van der Waals surface area contributed by atoms with Crippen LogP contribution in [-0.2, 0) is 0 Å². The highest BCUT2D eigenvalue weighted by Crippen LogP contribution is 2.24. The zero-order chi connectivity index (χ0) is 15.6. The Morgan fingerprint density at radius 1 is 1.09 bits per heavy atom. The van der Waals surface area contributed by atoms with Crippen molar-refractivity contribution in [2.75, 3.05) is 23.3 Å². The molecule has 3 heterocycles. The molecule has 3 aromatic rings. The number of rotatable bonds is 3. The van der Waals surface area contributed by atoms with Gasteiger partial charge >= 0.3 is 0 Å². The molecule has 1 aliphatic rings. The first kappa shape index (κ1) is 13.9. The van der Waals surface area contributed by atoms with Crippen molar-refractivity contribution in [3.05, 3.63) is 42.4 Å². The van der Waals surface area contributed by atoms with Gasteiger partial charge in [-0.2, -0.15) is 0 Å². The number of nitrogens with zero attached hydrogens (tertiary/aromatic N) is 5. The standard InChI is InChI=1S/C17H18N6/c1-12-5-4-6-13(9-12)21-16-15-14(19-11-20-16)10-18-17(22-15)23-7-2-3-8-23/h4-6,9-11H,2-3,7-8H2,1H3,(H,19,20,21). The Morgan fingerprint density at radius 2 is 1.96 bits per heavy atom. The minimum atomic E-state index is 0.712. The van der Waals surface area contributed by atoms with Crippen LogP contribution < -0.4 is 10.2 Å². The van der Waals surface area contributed by atoms with Gasteiger partial charge in [0.15, 0.2) is 5.82 Å². The summed E-state index contributed by atoms with van der Waals surface area (Å²) in [7, 11) is 0. The summed E-state index contributed by atoms with van der Waals surface area (Å²) in [5.74, 6) is 1.47. The summed E-state index contributed by atoms with van der Waals surface area (Å²) in [4.78, 5) is 20.0. The number of fused-ring (bicyclic) bond motifs is 1. The van der Waals surface area contributed by atoms with Crippen molar-refractivity contribution in [2.24, 2.45) is 0 Å². The molecule has 1 N–H and O–H groups in total. The number of hydrogen-bond donors (Lipinski definition) is 1. The quantitative estimate of drug-likeness (QED) is 0.802. The highest BCUT2D eigenvalue weighted by Gasteiger charge is 2.16. The number of hydrogen-bond acceptors (Lipinski definition) is 6. The number of aromatic nitrogens is 4. The number of benzene rings is 1. The molecule has 0 aliphatic carbocycles. The van der Waals surface area contributed by atoms with E-state index in [2.05, 4.69) is 44.2 Å². The fourth-order valence-corrected chi connectivity index (χ4v) is 2.87. The van der Waals surface area contributed by atoms with Gasteiger partial charge in [-0.3, -0.25) is 0 Å². The smallest absolute Gasteiger partial charge is 0.226 e. The van der Waals surface area contributed by atoms with Crippen LogP contribution in [0.1, 0.15) is 18.4 Å². The molecule has 2 aromatic heterocycles. The van der Waals surface area contributed by atoms with Gasteiger partial charge in [-0.15, -0.1) is 0 Å². The molecule has 0 spiro atoms. The highest BCUT2D eigenvalue weighted by molar-refractivity contribution is 5.87. The van der Waals surface area contributed by atoms with E-state index < -0.39 is 0 Å². The third-order valence-electron chi connectivity index (χ3n) is 4.03. The second kappa shape index (κ2) is 5.79. The minimum absolute atomic E-state index is 0.712. The van der Waals surface area contributed by atoms with Crippen LogP contribution in [0.4, 0.5) is 17.5 Å². The lowest BCUT2D eigenvalue weighted by molar-refractivity contribution is 0.905. The summed E-state index contributed by atoms with van der Waals surface area (Å²) >= 11 is 0. The zero-order valence-electron chi connectivity index (χ0n) is 13.0. The molecule has 1 saturated heterocycles. The number of anilines is 3. The normalized spacial score (nSPS) is 14.4. The number of nitrogens with one attached hydrogen (secondary N) is 1. The molecular formula is C17H18N6. The third kappa shape index (κ3) is 2.79. The summed E-state index contributed by atoms with van der Waals surface area (Å²) in [6.45, 7) is 4.09. The van der Waals surface area contributed by atoms with Crippen LogP contribution in [0.15, 0.2) is 36.8 Å². The lowest BCUT2D eigenvalue weighted by Gasteiger charge is -2.15. The molecule has 6 nitrogen and oxygen atoms in total. The fourth-order valence-electron chi connectivity index (χ4n) is 2.87. The van der Waals surface area contributed by atoms with Gasteiger partial charge in [0.2, 0.25) is 5.95 Å². The maximum absolute atomic E-state index is 4.70. The fraction of sp³-hybridized carbons (Fsp3) is 0.294. The van der Waals surface area contributed by atoms with Crippen LogP contribution in [0.5, 0.6) is 0 Å². The molecule has 1 aliphatic heterocycles. The largest absolute Gasteiger partial charge is 0.341 e. The summed E-state index contributed by atoms with van der Waals surface area (Å²) in [5, 5.41) is 3.35. The molecule has 0 unspecified atom stereocenters. The van der Waals surface area contributed by atoms with E-state index in [0.29, 0.717) is 5.82 Å². The molecule has 0 atom stereocenters. The van der Waals surface area contributed by atoms with Crippen LogP contribution in [0.25, 0.3) is 11.0 Å². The topological polar surface area (TPSA) is 66.8 Å². The van der Waals surface area contributed by atoms with Crippen molar-refractivity contribution < 1.29 is 0 Å². The molecular weight excluding hydrogens is 288 g/mol. The summed E-state index contributed by atoms with van der Waals surface area (Å²) in [6.07, 6.45) is 5.71. The SMILES string of the molecule is Cc1cccc(Nc2ncnc3cnc(N4CCCC4)nc23)c1. The van der Waals surface area contributed by atoms with Gasteiger partial charge in [-0.1, -0.05) is 12.1 Å². The van der Waals surface area contributed by atoms with Crippen molar-refractivity contribution in [1.82, 2.24) is 19.9 Å². The lowest BCUT2D eigenvalue weighted by atomic mass is 10.2. The number of aryl methyl sites for hydroxylation is 1. The van der Waals surface area contributed by atoms with Gasteiger partial charge in [0.1, 0.15) is 17.4 Å². The first-order valence-corrected chi connectivity index (χ1v) is 7.86. The monoisotopic (exact) mass is 306 g/mol. The molecule has 0 amide bonds. The predicted octanol–water partition coefficient (Wildman–Crippen LogP) is 3.07. The van der Waals surface area contributed by atoms with Crippen molar-refractivity contribution >= 4 is 28.5 Å². The van der Waals surface area contributed by atoms with Crippen molar-refractivity contribution in [1.29, 1.82) is 0 Å². The zero-order valence-corrected chi connectivity index (χ0v) is 13.0. The first-order valence-electron chi connectivity index (χ1n) is 7.86. The maximum Gasteiger partial charge on any atom is 0.226 e. The van der Waals surface area contributed by atoms with E-state index in [0.717, 1.165) is 35.8 Å². The van der Waals surface area contributed by atoms with Crippen molar-refractivity contribution in [3.63, 3.8) is 0 Å². The van der Waals surface area contributed by atoms with Crippen molar-refractivity contribution in [2.45, 2.75) is 19.8 Å². The maximum atomic E-state index is 4.70. The molecule has 4 rings (SSSR count). The van der Waals surface area contributed by atoms with Crippen LogP contribution >= 0.6 is 0 Å². The van der Waals surface area contributed by atoms with Gasteiger partial charge in [0, 0.05) is 18.8 Å². The van der Waals surface area contributed by atoms with Gasteiger partial charge in [0.05, 0.1) is 6.20 Å². The average Bonchev–Trinajstić information content (AvgIpc) is 3.09. The minimum Gasteiger partial charge on any atom is -0.341 e. The van der Waals surface area contributed by atoms with E-state index in [1.165, 1.54) is 18.4 Å². The van der Waals surface area contributed by atoms with E-state index in [1.54, 1.807) is 12.5 Å². The van der Waals surface area contributed by atoms with Gasteiger partial charge in [-0.05, 0) is 37.5 Å². The molecule has 116 valence electrons. The van der Waals surface area contributed by atoms with Crippen LogP contribution in [0, 0.1) is 6.92 Å². The third-order valence-corrected chi connectivity index (χ3v) is 4.03. The molecule has 0 saturated carbocycles. The molecule has 1 aromatic carbocycles. The van der Waals surface area contributed by atoms with Gasteiger partial charge in [-0.25, -0.2) is 19.9 Å². The second-order valence-electron chi connectivity index (χ2n) is 5.81. The van der Waals surface area contributed by atoms with Gasteiger partial charge < -0.3 is 10.2 Å². The Hall–Kier alpha value is -2.76. The second-order valence-corrected chi connectivity index (χ2v) is 5.81. The Kier molecular flexibility index (Phi) is 3.49. The Labute approximate surface area is 134 Å². The van der Waals surface area contributed by atoms with E-state index in [1.807, 2.05) is 12.1 Å². The molecule has 23 heavy (non-hydrogen) atoms. The summed E-state index contributed by atoms with van der Waals surface area (Å²) in [5.41, 5.74) is 3.69. The Morgan fingerprint density at radius 3 is 2.78 bits per heavy atom. The lowest BCUT2D eigenvalue weighted by Crippen LogP contribution is -2.20. The molecule has 1 fully saturated rings. The Bertz CT molecular complexity index is 841. The predicted molar refractivity (Wildman–Crippen MR) is 91.0 cm³/mol. The van der Waals surface area contributed by atoms with E-state index in [4.69, 9.17) is 4.98 Å². The first-order chi connectivity index (χ1) is 11.3. The highest BCUT2D eigenvalue weighted by atomic mass is 15.3. The van der Waals surface area contributed by atoms with Crippen LogP contribution in [0.2, 0.25) is 0 Å². The van der Waals surface area contributed by atoms with Crippen molar-refractivity contribution in [3.8, 4) is 0 Å². The molecule has 0 radical (unpaired) electrons. The average molecular weight is 306 g/mol. The Balaban J connectivity index is 1.74.